The quantitative estimate of drug-likeness (QED) is 0.381. The molecule has 3 aromatic rings. The number of amides is 1. The summed E-state index contributed by atoms with van der Waals surface area (Å²) in [5, 5.41) is 3.88. The van der Waals surface area contributed by atoms with E-state index in [1.54, 1.807) is 11.3 Å². The van der Waals surface area contributed by atoms with Gasteiger partial charge in [-0.2, -0.15) is 0 Å². The number of nitrogens with zero attached hydrogens (tertiary/aromatic N) is 1. The van der Waals surface area contributed by atoms with Crippen molar-refractivity contribution in [2.45, 2.75) is 39.2 Å². The number of hydrogen-bond donors (Lipinski definition) is 1. The van der Waals surface area contributed by atoms with Crippen LogP contribution in [0.3, 0.4) is 0 Å². The molecular weight excluding hydrogens is 472 g/mol. The number of fused-ring (bicyclic) bond motifs is 1. The third-order valence-corrected chi connectivity index (χ3v) is 7.08. The van der Waals surface area contributed by atoms with Crippen LogP contribution in [-0.4, -0.2) is 18.7 Å². The van der Waals surface area contributed by atoms with Gasteiger partial charge >= 0.3 is 0 Å². The lowest BCUT2D eigenvalue weighted by Crippen LogP contribution is -2.24. The van der Waals surface area contributed by atoms with E-state index in [9.17, 15) is 4.79 Å². The van der Waals surface area contributed by atoms with Crippen molar-refractivity contribution in [2.24, 2.45) is 4.99 Å². The average molecular weight is 497 g/mol. The lowest BCUT2D eigenvalue weighted by molar-refractivity contribution is 0.0951. The molecule has 1 amide bonds. The normalized spacial score (nSPS) is 13.2. The summed E-state index contributed by atoms with van der Waals surface area (Å²) in [4.78, 5) is 19.2. The molecule has 2 aromatic carbocycles. The Morgan fingerprint density at radius 2 is 2.00 bits per heavy atom. The minimum absolute atomic E-state index is 0.0386. The Morgan fingerprint density at radius 1 is 1.19 bits per heavy atom. The number of ether oxygens (including phenoxy) is 1. The molecule has 1 N–H and O–H groups in total. The van der Waals surface area contributed by atoms with E-state index < -0.39 is 0 Å². The van der Waals surface area contributed by atoms with Gasteiger partial charge in [0.2, 0.25) is 0 Å². The van der Waals surface area contributed by atoms with E-state index in [1.807, 2.05) is 61.7 Å². The number of nitrogens with one attached hydrogen (secondary N) is 1. The Kier molecular flexibility index (Phi) is 7.20. The third-order valence-electron chi connectivity index (χ3n) is 5.26. The first-order chi connectivity index (χ1) is 15.2. The molecule has 0 saturated carbocycles. The van der Waals surface area contributed by atoms with Gasteiger partial charge < -0.3 is 10.1 Å². The minimum Gasteiger partial charge on any atom is -0.493 e. The van der Waals surface area contributed by atoms with Crippen molar-refractivity contribution in [3.8, 4) is 5.75 Å². The Bertz CT molecular complexity index is 1090. The van der Waals surface area contributed by atoms with E-state index in [4.69, 9.17) is 9.73 Å². The molecule has 0 spiro atoms. The Morgan fingerprint density at radius 3 is 2.77 bits per heavy atom. The van der Waals surface area contributed by atoms with Crippen LogP contribution in [0.1, 0.15) is 51.7 Å². The molecule has 1 aromatic heterocycles. The fourth-order valence-electron chi connectivity index (χ4n) is 3.75. The predicted octanol–water partition coefficient (Wildman–Crippen LogP) is 6.47. The van der Waals surface area contributed by atoms with Crippen LogP contribution in [-0.2, 0) is 19.4 Å². The smallest absolute Gasteiger partial charge is 0.254 e. The van der Waals surface area contributed by atoms with Crippen molar-refractivity contribution >= 4 is 44.4 Å². The largest absolute Gasteiger partial charge is 0.493 e. The topological polar surface area (TPSA) is 50.7 Å². The summed E-state index contributed by atoms with van der Waals surface area (Å²) in [7, 11) is 0. The van der Waals surface area contributed by atoms with Gasteiger partial charge in [0.25, 0.3) is 5.91 Å². The molecule has 160 valence electrons. The fraction of sp³-hybridized carbons (Fsp3) is 0.280. The monoisotopic (exact) mass is 496 g/mol. The highest BCUT2D eigenvalue weighted by atomic mass is 79.9. The maximum absolute atomic E-state index is 13.2. The minimum atomic E-state index is -0.0386. The Hall–Kier alpha value is -2.44. The van der Waals surface area contributed by atoms with E-state index in [1.165, 1.54) is 16.9 Å². The zero-order chi connectivity index (χ0) is 21.6. The van der Waals surface area contributed by atoms with Gasteiger partial charge in [0.15, 0.2) is 0 Å². The summed E-state index contributed by atoms with van der Waals surface area (Å²) in [5.41, 5.74) is 3.97. The highest BCUT2D eigenvalue weighted by molar-refractivity contribution is 9.10. The second-order valence-electron chi connectivity index (χ2n) is 7.44. The summed E-state index contributed by atoms with van der Waals surface area (Å²) in [6, 6.07) is 15.9. The van der Waals surface area contributed by atoms with Gasteiger partial charge in [0.05, 0.1) is 16.6 Å². The van der Waals surface area contributed by atoms with Crippen molar-refractivity contribution in [2.75, 3.05) is 6.61 Å². The summed E-state index contributed by atoms with van der Waals surface area (Å²) in [6.07, 6.45) is 6.10. The molecule has 1 heterocycles. The summed E-state index contributed by atoms with van der Waals surface area (Å²) >= 11 is 5.20. The van der Waals surface area contributed by atoms with Gasteiger partial charge in [-0.05, 0) is 83.4 Å². The van der Waals surface area contributed by atoms with Gasteiger partial charge in [-0.25, -0.2) is 4.99 Å². The molecule has 0 aliphatic heterocycles. The maximum atomic E-state index is 13.2. The van der Waals surface area contributed by atoms with Gasteiger partial charge in [0, 0.05) is 17.6 Å². The van der Waals surface area contributed by atoms with E-state index in [-0.39, 0.29) is 5.91 Å². The number of thiophene rings is 1. The molecule has 4 nitrogen and oxygen atoms in total. The molecule has 0 radical (unpaired) electrons. The highest BCUT2D eigenvalue weighted by Gasteiger charge is 2.25. The lowest BCUT2D eigenvalue weighted by atomic mass is 9.95. The van der Waals surface area contributed by atoms with E-state index in [0.717, 1.165) is 51.2 Å². The number of hydrogen-bond acceptors (Lipinski definition) is 4. The van der Waals surface area contributed by atoms with E-state index in [2.05, 4.69) is 21.2 Å². The Labute approximate surface area is 195 Å². The first kappa shape index (κ1) is 21.8. The standard InChI is InChI=1S/C25H25BrN2O2S/c1-2-30-21-13-12-18(14-20(21)26)16-28-25-23(19-10-6-7-11-22(19)31-25)24(29)27-15-17-8-4-3-5-9-17/h3-5,8-9,12-14,16H,2,6-7,10-11,15H2,1H3,(H,27,29). The summed E-state index contributed by atoms with van der Waals surface area (Å²) < 4.78 is 6.47. The SMILES string of the molecule is CCOc1ccc(C=Nc2sc3c(c2C(=O)NCc2ccccc2)CCCC3)cc1Br. The van der Waals surface area contributed by atoms with Crippen molar-refractivity contribution in [1.29, 1.82) is 0 Å². The zero-order valence-electron chi connectivity index (χ0n) is 17.5. The molecule has 4 rings (SSSR count). The number of aryl methyl sites for hydroxylation is 1. The molecule has 0 atom stereocenters. The molecule has 0 saturated heterocycles. The van der Waals surface area contributed by atoms with Crippen molar-refractivity contribution < 1.29 is 9.53 Å². The van der Waals surface area contributed by atoms with Crippen LogP contribution in [0.4, 0.5) is 5.00 Å². The zero-order valence-corrected chi connectivity index (χ0v) is 19.9. The van der Waals surface area contributed by atoms with Crippen LogP contribution in [0.5, 0.6) is 5.75 Å². The molecular formula is C25H25BrN2O2S. The number of carbonyl (C=O) groups excluding carboxylic acids is 1. The van der Waals surface area contributed by atoms with Crippen LogP contribution in [0.25, 0.3) is 0 Å². The number of halogens is 1. The average Bonchev–Trinajstić information content (AvgIpc) is 3.17. The van der Waals surface area contributed by atoms with Crippen LogP contribution in [0.15, 0.2) is 58.0 Å². The van der Waals surface area contributed by atoms with Crippen LogP contribution in [0.2, 0.25) is 0 Å². The molecule has 0 unspecified atom stereocenters. The van der Waals surface area contributed by atoms with Gasteiger partial charge in [-0.15, -0.1) is 11.3 Å². The molecule has 6 heteroatoms. The first-order valence-corrected chi connectivity index (χ1v) is 12.2. The number of carbonyl (C=O) groups is 1. The molecule has 1 aliphatic rings. The second-order valence-corrected chi connectivity index (χ2v) is 9.38. The van der Waals surface area contributed by atoms with Crippen LogP contribution >= 0.6 is 27.3 Å². The predicted molar refractivity (Wildman–Crippen MR) is 131 cm³/mol. The number of benzene rings is 2. The molecule has 1 aliphatic carbocycles. The third kappa shape index (κ3) is 5.25. The molecule has 0 fully saturated rings. The van der Waals surface area contributed by atoms with Crippen LogP contribution in [0, 0.1) is 0 Å². The van der Waals surface area contributed by atoms with E-state index >= 15 is 0 Å². The maximum Gasteiger partial charge on any atom is 0.254 e. The van der Waals surface area contributed by atoms with Gasteiger partial charge in [-0.3, -0.25) is 4.79 Å². The van der Waals surface area contributed by atoms with Crippen molar-refractivity contribution in [3.05, 3.63) is 80.1 Å². The van der Waals surface area contributed by atoms with Crippen molar-refractivity contribution in [1.82, 2.24) is 5.32 Å². The fourth-order valence-corrected chi connectivity index (χ4v) is 5.49. The summed E-state index contributed by atoms with van der Waals surface area (Å²) in [6.45, 7) is 3.10. The highest BCUT2D eigenvalue weighted by Crippen LogP contribution is 2.40. The Balaban J connectivity index is 1.58. The second kappa shape index (κ2) is 10.2. The number of aliphatic imine (C=N–C) groups is 1. The van der Waals surface area contributed by atoms with Gasteiger partial charge in [-0.1, -0.05) is 30.3 Å². The lowest BCUT2D eigenvalue weighted by Gasteiger charge is -2.12. The molecule has 31 heavy (non-hydrogen) atoms. The van der Waals surface area contributed by atoms with Crippen LogP contribution < -0.4 is 10.1 Å². The number of rotatable bonds is 7. The van der Waals surface area contributed by atoms with Gasteiger partial charge in [0.1, 0.15) is 10.8 Å². The summed E-state index contributed by atoms with van der Waals surface area (Å²) in [5.74, 6) is 0.774. The van der Waals surface area contributed by atoms with Crippen molar-refractivity contribution in [3.63, 3.8) is 0 Å². The first-order valence-electron chi connectivity index (χ1n) is 10.6. The molecule has 0 bridgehead atoms. The van der Waals surface area contributed by atoms with E-state index in [0.29, 0.717) is 13.2 Å².